The van der Waals surface area contributed by atoms with Crippen molar-refractivity contribution in [2.75, 3.05) is 20.1 Å². The van der Waals surface area contributed by atoms with Crippen LogP contribution in [0.15, 0.2) is 84.1 Å². The summed E-state index contributed by atoms with van der Waals surface area (Å²) in [6.45, 7) is 3.70. The van der Waals surface area contributed by atoms with E-state index in [1.807, 2.05) is 19.4 Å². The number of hydrogen-bond acceptors (Lipinski definition) is 2. The highest BCUT2D eigenvalue weighted by Crippen LogP contribution is 2.23. The zero-order valence-electron chi connectivity index (χ0n) is 17.0. The Bertz CT molecular complexity index is 842. The summed E-state index contributed by atoms with van der Waals surface area (Å²) in [4.78, 5) is 8.54. The van der Waals surface area contributed by atoms with Crippen LogP contribution in [0.5, 0.6) is 0 Å². The quantitative estimate of drug-likeness (QED) is 0.285. The summed E-state index contributed by atoms with van der Waals surface area (Å²) in [5, 5.41) is 6.92. The molecule has 0 spiro atoms. The molecule has 29 heavy (non-hydrogen) atoms. The maximum atomic E-state index is 4.38. The van der Waals surface area contributed by atoms with E-state index >= 15 is 0 Å². The number of rotatable bonds is 7. The maximum absolute atomic E-state index is 4.38. The Morgan fingerprint density at radius 3 is 2.10 bits per heavy atom. The standard InChI is InChI=1S/C24H28N4.HI/c1-19-17-26-15-13-20(19)14-16-27-24(25-2)28-18-23(21-9-5-3-6-10-21)22-11-7-4-8-12-22;/h3-13,15,17,23H,14,16,18H2,1-2H3,(H2,25,27,28);1H. The molecule has 4 nitrogen and oxygen atoms in total. The molecule has 2 N–H and O–H groups in total. The molecule has 0 saturated heterocycles. The number of aliphatic imine (C=N–C) groups is 1. The minimum absolute atomic E-state index is 0. The lowest BCUT2D eigenvalue weighted by atomic mass is 9.91. The molecule has 1 heterocycles. The second kappa shape index (κ2) is 12.2. The molecule has 2 aromatic carbocycles. The molecule has 0 amide bonds. The Morgan fingerprint density at radius 2 is 1.55 bits per heavy atom. The molecule has 0 aliphatic rings. The van der Waals surface area contributed by atoms with Crippen LogP contribution in [0, 0.1) is 6.92 Å². The van der Waals surface area contributed by atoms with E-state index < -0.39 is 0 Å². The van der Waals surface area contributed by atoms with Gasteiger partial charge < -0.3 is 10.6 Å². The first kappa shape index (κ1) is 22.9. The molecule has 0 bridgehead atoms. The van der Waals surface area contributed by atoms with Gasteiger partial charge in [-0.25, -0.2) is 0 Å². The van der Waals surface area contributed by atoms with Gasteiger partial charge in [-0.05, 0) is 41.7 Å². The molecule has 0 unspecified atom stereocenters. The highest BCUT2D eigenvalue weighted by Gasteiger charge is 2.14. The van der Waals surface area contributed by atoms with Crippen LogP contribution in [0.2, 0.25) is 0 Å². The monoisotopic (exact) mass is 500 g/mol. The van der Waals surface area contributed by atoms with E-state index in [4.69, 9.17) is 0 Å². The van der Waals surface area contributed by atoms with Crippen molar-refractivity contribution in [1.82, 2.24) is 15.6 Å². The largest absolute Gasteiger partial charge is 0.356 e. The molecule has 0 fully saturated rings. The highest BCUT2D eigenvalue weighted by atomic mass is 127. The number of aryl methyl sites for hydroxylation is 1. The van der Waals surface area contributed by atoms with Crippen LogP contribution in [-0.4, -0.2) is 31.1 Å². The number of aromatic nitrogens is 1. The Hall–Kier alpha value is -2.41. The molecule has 3 aromatic rings. The predicted molar refractivity (Wildman–Crippen MR) is 132 cm³/mol. The molecule has 0 radical (unpaired) electrons. The fraction of sp³-hybridized carbons (Fsp3) is 0.250. The van der Waals surface area contributed by atoms with Gasteiger partial charge in [0.1, 0.15) is 0 Å². The fourth-order valence-electron chi connectivity index (χ4n) is 3.32. The third-order valence-corrected chi connectivity index (χ3v) is 4.92. The van der Waals surface area contributed by atoms with E-state index in [-0.39, 0.29) is 29.9 Å². The average molecular weight is 500 g/mol. The second-order valence-electron chi connectivity index (χ2n) is 6.81. The van der Waals surface area contributed by atoms with E-state index in [0.717, 1.165) is 25.5 Å². The first-order chi connectivity index (χ1) is 13.8. The lowest BCUT2D eigenvalue weighted by Crippen LogP contribution is -2.40. The maximum Gasteiger partial charge on any atom is 0.191 e. The van der Waals surface area contributed by atoms with Gasteiger partial charge in [-0.2, -0.15) is 0 Å². The zero-order valence-corrected chi connectivity index (χ0v) is 19.3. The molecule has 3 rings (SSSR count). The average Bonchev–Trinajstić information content (AvgIpc) is 2.75. The van der Waals surface area contributed by atoms with Gasteiger partial charge in [-0.3, -0.25) is 9.98 Å². The number of halogens is 1. The lowest BCUT2D eigenvalue weighted by molar-refractivity contribution is 0.725. The second-order valence-corrected chi connectivity index (χ2v) is 6.81. The van der Waals surface area contributed by atoms with E-state index in [0.29, 0.717) is 0 Å². The summed E-state index contributed by atoms with van der Waals surface area (Å²) in [7, 11) is 1.81. The first-order valence-corrected chi connectivity index (χ1v) is 9.72. The summed E-state index contributed by atoms with van der Waals surface area (Å²) in [6, 6.07) is 23.3. The van der Waals surface area contributed by atoms with Crippen molar-refractivity contribution >= 4 is 29.9 Å². The van der Waals surface area contributed by atoms with E-state index in [2.05, 4.69) is 94.3 Å². The van der Waals surface area contributed by atoms with Crippen molar-refractivity contribution in [2.45, 2.75) is 19.3 Å². The lowest BCUT2D eigenvalue weighted by Gasteiger charge is -2.20. The Morgan fingerprint density at radius 1 is 0.931 bits per heavy atom. The van der Waals surface area contributed by atoms with Gasteiger partial charge in [-0.1, -0.05) is 60.7 Å². The van der Waals surface area contributed by atoms with Crippen molar-refractivity contribution < 1.29 is 0 Å². The van der Waals surface area contributed by atoms with Gasteiger partial charge in [0.05, 0.1) is 0 Å². The van der Waals surface area contributed by atoms with E-state index in [9.17, 15) is 0 Å². The number of hydrogen-bond donors (Lipinski definition) is 2. The molecule has 1 aromatic heterocycles. The van der Waals surface area contributed by atoms with Gasteiger partial charge in [0.2, 0.25) is 0 Å². The zero-order chi connectivity index (χ0) is 19.6. The van der Waals surface area contributed by atoms with Crippen molar-refractivity contribution in [1.29, 1.82) is 0 Å². The molecular weight excluding hydrogens is 471 g/mol. The number of nitrogens with one attached hydrogen (secondary N) is 2. The van der Waals surface area contributed by atoms with Crippen LogP contribution in [0.1, 0.15) is 28.2 Å². The van der Waals surface area contributed by atoms with Crippen LogP contribution < -0.4 is 10.6 Å². The smallest absolute Gasteiger partial charge is 0.191 e. The molecule has 152 valence electrons. The minimum Gasteiger partial charge on any atom is -0.356 e. The predicted octanol–water partition coefficient (Wildman–Crippen LogP) is 4.55. The van der Waals surface area contributed by atoms with Gasteiger partial charge in [0.15, 0.2) is 5.96 Å². The van der Waals surface area contributed by atoms with Crippen LogP contribution in [0.3, 0.4) is 0 Å². The Balaban J connectivity index is 0.00000300. The summed E-state index contributed by atoms with van der Waals surface area (Å²) < 4.78 is 0. The van der Waals surface area contributed by atoms with Crippen molar-refractivity contribution in [3.8, 4) is 0 Å². The summed E-state index contributed by atoms with van der Waals surface area (Å²) in [5.41, 5.74) is 5.12. The van der Waals surface area contributed by atoms with Crippen LogP contribution >= 0.6 is 24.0 Å². The van der Waals surface area contributed by atoms with E-state index in [1.165, 1.54) is 22.3 Å². The van der Waals surface area contributed by atoms with Gasteiger partial charge in [-0.15, -0.1) is 24.0 Å². The third-order valence-electron chi connectivity index (χ3n) is 4.92. The summed E-state index contributed by atoms with van der Waals surface area (Å²) in [6.07, 6.45) is 4.70. The summed E-state index contributed by atoms with van der Waals surface area (Å²) >= 11 is 0. The highest BCUT2D eigenvalue weighted by molar-refractivity contribution is 14.0. The SMILES string of the molecule is CN=C(NCCc1ccncc1C)NCC(c1ccccc1)c1ccccc1.I. The van der Waals surface area contributed by atoms with Gasteiger partial charge in [0, 0.05) is 38.4 Å². The Kier molecular flexibility index (Phi) is 9.64. The number of nitrogens with zero attached hydrogens (tertiary/aromatic N) is 2. The topological polar surface area (TPSA) is 49.3 Å². The van der Waals surface area contributed by atoms with Gasteiger partial charge >= 0.3 is 0 Å². The Labute approximate surface area is 190 Å². The van der Waals surface area contributed by atoms with Crippen molar-refractivity contribution in [3.63, 3.8) is 0 Å². The first-order valence-electron chi connectivity index (χ1n) is 9.72. The normalized spacial score (nSPS) is 11.1. The number of benzene rings is 2. The van der Waals surface area contributed by atoms with Crippen LogP contribution in [0.4, 0.5) is 0 Å². The van der Waals surface area contributed by atoms with Crippen LogP contribution in [-0.2, 0) is 6.42 Å². The minimum atomic E-state index is 0. The van der Waals surface area contributed by atoms with Gasteiger partial charge in [0.25, 0.3) is 0 Å². The fourth-order valence-corrected chi connectivity index (χ4v) is 3.32. The third kappa shape index (κ3) is 6.85. The molecule has 0 atom stereocenters. The molecule has 5 heteroatoms. The summed E-state index contributed by atoms with van der Waals surface area (Å²) in [5.74, 6) is 1.09. The molecular formula is C24H29IN4. The number of guanidine groups is 1. The number of pyridine rings is 1. The van der Waals surface area contributed by atoms with Crippen molar-refractivity contribution in [3.05, 3.63) is 101 Å². The molecule has 0 aliphatic carbocycles. The molecule has 0 saturated carbocycles. The molecule has 0 aliphatic heterocycles. The van der Waals surface area contributed by atoms with Crippen LogP contribution in [0.25, 0.3) is 0 Å². The van der Waals surface area contributed by atoms with E-state index in [1.54, 1.807) is 0 Å². The van der Waals surface area contributed by atoms with Crippen molar-refractivity contribution in [2.24, 2.45) is 4.99 Å².